The van der Waals surface area contributed by atoms with Gasteiger partial charge < -0.3 is 15.5 Å². The molecule has 0 bridgehead atoms. The highest BCUT2D eigenvalue weighted by molar-refractivity contribution is 5.85. The van der Waals surface area contributed by atoms with Crippen molar-refractivity contribution in [2.45, 2.75) is 58.0 Å². The number of nitrogens with one attached hydrogen (secondary N) is 2. The van der Waals surface area contributed by atoms with E-state index in [-0.39, 0.29) is 36.8 Å². The van der Waals surface area contributed by atoms with Crippen LogP contribution in [0.4, 0.5) is 0 Å². The first-order valence-corrected chi connectivity index (χ1v) is 10.1. The van der Waals surface area contributed by atoms with E-state index in [1.165, 1.54) is 12.8 Å². The number of hydrogen-bond acceptors (Lipinski definition) is 4. The van der Waals surface area contributed by atoms with Crippen molar-refractivity contribution in [2.75, 3.05) is 39.3 Å². The standard InChI is InChI=1S/C19H34N4O2.2ClH/c1-14(16-5-7-20-8-6-16)13-18(24)23-11-9-22(10-12-23)15(2)19(25)21-17-3-4-17;;/h14-17,20H,3-13H2,1-2H3,(H,21,25);2*1H. The number of nitrogens with zero attached hydrogens (tertiary/aromatic N) is 2. The Balaban J connectivity index is 0.00000182. The van der Waals surface area contributed by atoms with E-state index in [1.54, 1.807) is 0 Å². The topological polar surface area (TPSA) is 64.7 Å². The molecule has 3 fully saturated rings. The SMILES string of the molecule is CC(CC(=O)N1CCN(C(C)C(=O)NC2CC2)CC1)C1CCNCC1.Cl.Cl. The molecule has 8 heteroatoms. The predicted octanol–water partition coefficient (Wildman–Crippen LogP) is 1.67. The molecule has 27 heavy (non-hydrogen) atoms. The second-order valence-corrected chi connectivity index (χ2v) is 8.14. The van der Waals surface area contributed by atoms with Gasteiger partial charge in [0.2, 0.25) is 11.8 Å². The minimum absolute atomic E-state index is 0. The van der Waals surface area contributed by atoms with Gasteiger partial charge in [-0.3, -0.25) is 14.5 Å². The van der Waals surface area contributed by atoms with E-state index in [1.807, 2.05) is 11.8 Å². The largest absolute Gasteiger partial charge is 0.352 e. The molecule has 1 aliphatic carbocycles. The Morgan fingerprint density at radius 2 is 1.59 bits per heavy atom. The van der Waals surface area contributed by atoms with Crippen molar-refractivity contribution in [1.29, 1.82) is 0 Å². The first kappa shape index (κ1) is 24.5. The van der Waals surface area contributed by atoms with Crippen LogP contribution in [-0.2, 0) is 9.59 Å². The van der Waals surface area contributed by atoms with E-state index in [4.69, 9.17) is 0 Å². The van der Waals surface area contributed by atoms with Crippen LogP contribution in [0.2, 0.25) is 0 Å². The van der Waals surface area contributed by atoms with Crippen LogP contribution in [0, 0.1) is 11.8 Å². The van der Waals surface area contributed by atoms with Gasteiger partial charge in [-0.05, 0) is 57.5 Å². The molecule has 2 unspecified atom stereocenters. The number of piperazine rings is 1. The van der Waals surface area contributed by atoms with E-state index in [0.29, 0.717) is 30.2 Å². The second-order valence-electron chi connectivity index (χ2n) is 8.14. The van der Waals surface area contributed by atoms with Crippen LogP contribution in [0.1, 0.15) is 46.0 Å². The van der Waals surface area contributed by atoms with Crippen LogP contribution in [0.15, 0.2) is 0 Å². The average Bonchev–Trinajstić information content (AvgIpc) is 3.45. The molecule has 158 valence electrons. The lowest BCUT2D eigenvalue weighted by Gasteiger charge is -2.38. The maximum Gasteiger partial charge on any atom is 0.237 e. The lowest BCUT2D eigenvalue weighted by atomic mass is 9.84. The van der Waals surface area contributed by atoms with Crippen molar-refractivity contribution in [3.05, 3.63) is 0 Å². The van der Waals surface area contributed by atoms with Crippen LogP contribution in [0.5, 0.6) is 0 Å². The van der Waals surface area contributed by atoms with Crippen LogP contribution >= 0.6 is 24.8 Å². The fourth-order valence-electron chi connectivity index (χ4n) is 4.06. The summed E-state index contributed by atoms with van der Waals surface area (Å²) < 4.78 is 0. The quantitative estimate of drug-likeness (QED) is 0.682. The molecular formula is C19H36Cl2N4O2. The summed E-state index contributed by atoms with van der Waals surface area (Å²) in [7, 11) is 0. The third-order valence-corrected chi connectivity index (χ3v) is 6.20. The molecule has 3 rings (SSSR count). The molecule has 1 saturated carbocycles. The van der Waals surface area contributed by atoms with E-state index in [0.717, 1.165) is 52.1 Å². The zero-order valence-corrected chi connectivity index (χ0v) is 18.2. The van der Waals surface area contributed by atoms with Crippen molar-refractivity contribution < 1.29 is 9.59 Å². The lowest BCUT2D eigenvalue weighted by molar-refractivity contribution is -0.135. The number of amides is 2. The summed E-state index contributed by atoms with van der Waals surface area (Å²) in [5, 5.41) is 6.47. The molecule has 2 N–H and O–H groups in total. The van der Waals surface area contributed by atoms with E-state index in [9.17, 15) is 9.59 Å². The zero-order valence-electron chi connectivity index (χ0n) is 16.6. The molecule has 2 saturated heterocycles. The van der Waals surface area contributed by atoms with Crippen molar-refractivity contribution in [2.24, 2.45) is 11.8 Å². The van der Waals surface area contributed by atoms with Gasteiger partial charge in [0, 0.05) is 38.6 Å². The van der Waals surface area contributed by atoms with Crippen LogP contribution < -0.4 is 10.6 Å². The summed E-state index contributed by atoms with van der Waals surface area (Å²) in [6, 6.07) is 0.320. The maximum absolute atomic E-state index is 12.6. The Hall–Kier alpha value is -0.560. The summed E-state index contributed by atoms with van der Waals surface area (Å²) in [6.07, 6.45) is 5.29. The van der Waals surface area contributed by atoms with Gasteiger partial charge in [-0.15, -0.1) is 24.8 Å². The molecule has 0 aromatic heterocycles. The molecule has 2 heterocycles. The van der Waals surface area contributed by atoms with Gasteiger partial charge in [-0.2, -0.15) is 0 Å². The average molecular weight is 423 g/mol. The highest BCUT2D eigenvalue weighted by atomic mass is 35.5. The van der Waals surface area contributed by atoms with Crippen molar-refractivity contribution >= 4 is 36.6 Å². The highest BCUT2D eigenvalue weighted by Gasteiger charge is 2.31. The van der Waals surface area contributed by atoms with Gasteiger partial charge >= 0.3 is 0 Å². The van der Waals surface area contributed by atoms with E-state index >= 15 is 0 Å². The Bertz CT molecular complexity index is 476. The van der Waals surface area contributed by atoms with Gasteiger partial charge in [-0.1, -0.05) is 6.92 Å². The van der Waals surface area contributed by atoms with Gasteiger partial charge in [0.05, 0.1) is 6.04 Å². The van der Waals surface area contributed by atoms with Gasteiger partial charge in [0.15, 0.2) is 0 Å². The molecule has 2 amide bonds. The monoisotopic (exact) mass is 422 g/mol. The molecule has 3 aliphatic rings. The lowest BCUT2D eigenvalue weighted by Crippen LogP contribution is -2.55. The van der Waals surface area contributed by atoms with Crippen LogP contribution in [0.25, 0.3) is 0 Å². The molecule has 2 atom stereocenters. The number of halogens is 2. The first-order valence-electron chi connectivity index (χ1n) is 10.1. The summed E-state index contributed by atoms with van der Waals surface area (Å²) in [6.45, 7) is 9.48. The second kappa shape index (κ2) is 11.4. The Morgan fingerprint density at radius 3 is 2.15 bits per heavy atom. The fourth-order valence-corrected chi connectivity index (χ4v) is 4.06. The molecule has 0 aromatic carbocycles. The number of carbonyl (C=O) groups is 2. The van der Waals surface area contributed by atoms with Crippen LogP contribution in [0.3, 0.4) is 0 Å². The third-order valence-electron chi connectivity index (χ3n) is 6.20. The van der Waals surface area contributed by atoms with E-state index < -0.39 is 0 Å². The Morgan fingerprint density at radius 1 is 1.00 bits per heavy atom. The maximum atomic E-state index is 12.6. The normalized spacial score (nSPS) is 23.6. The number of rotatable bonds is 6. The predicted molar refractivity (Wildman–Crippen MR) is 113 cm³/mol. The van der Waals surface area contributed by atoms with Crippen molar-refractivity contribution in [3.8, 4) is 0 Å². The van der Waals surface area contributed by atoms with Crippen molar-refractivity contribution in [1.82, 2.24) is 20.4 Å². The van der Waals surface area contributed by atoms with Gasteiger partial charge in [0.25, 0.3) is 0 Å². The number of piperidine rings is 1. The molecule has 0 spiro atoms. The number of carbonyl (C=O) groups excluding carboxylic acids is 2. The Kier molecular flexibility index (Phi) is 10.4. The van der Waals surface area contributed by atoms with Gasteiger partial charge in [-0.25, -0.2) is 0 Å². The molecule has 0 aromatic rings. The van der Waals surface area contributed by atoms with Gasteiger partial charge in [0.1, 0.15) is 0 Å². The Labute approximate surface area is 176 Å². The summed E-state index contributed by atoms with van der Waals surface area (Å²) >= 11 is 0. The smallest absolute Gasteiger partial charge is 0.237 e. The van der Waals surface area contributed by atoms with E-state index in [2.05, 4.69) is 22.5 Å². The summed E-state index contributed by atoms with van der Waals surface area (Å²) in [4.78, 5) is 29.0. The third kappa shape index (κ3) is 7.08. The molecule has 2 aliphatic heterocycles. The molecule has 0 radical (unpaired) electrons. The minimum Gasteiger partial charge on any atom is -0.352 e. The highest BCUT2D eigenvalue weighted by Crippen LogP contribution is 2.25. The summed E-state index contributed by atoms with van der Waals surface area (Å²) in [5.41, 5.74) is 0. The van der Waals surface area contributed by atoms with Crippen LogP contribution in [-0.4, -0.2) is 73.0 Å². The summed E-state index contributed by atoms with van der Waals surface area (Å²) in [5.74, 6) is 1.58. The first-order chi connectivity index (χ1) is 12.0. The number of hydrogen-bond donors (Lipinski definition) is 2. The van der Waals surface area contributed by atoms with Crippen molar-refractivity contribution in [3.63, 3.8) is 0 Å². The minimum atomic E-state index is -0.0912. The molecule has 6 nitrogen and oxygen atoms in total. The fraction of sp³-hybridized carbons (Fsp3) is 0.895. The molecular weight excluding hydrogens is 387 g/mol. The zero-order chi connectivity index (χ0) is 17.8.